The van der Waals surface area contributed by atoms with Gasteiger partial charge in [-0.15, -0.1) is 23.1 Å². The molecule has 1 aromatic heterocycles. The van der Waals surface area contributed by atoms with Gasteiger partial charge in [-0.1, -0.05) is 29.4 Å². The lowest BCUT2D eigenvalue weighted by atomic mass is 10.3. The smallest absolute Gasteiger partial charge is 0.234 e. The van der Waals surface area contributed by atoms with Crippen LogP contribution >= 0.6 is 46.5 Å². The minimum atomic E-state index is -0.0365. The Morgan fingerprint density at radius 3 is 3.00 bits per heavy atom. The first kappa shape index (κ1) is 16.6. The molecule has 1 N–H and O–H groups in total. The van der Waals surface area contributed by atoms with Crippen LogP contribution in [0.4, 0.5) is 5.69 Å². The molecule has 23 heavy (non-hydrogen) atoms. The fourth-order valence-electron chi connectivity index (χ4n) is 1.97. The molecule has 3 aromatic rings. The van der Waals surface area contributed by atoms with Gasteiger partial charge in [-0.05, 0) is 42.7 Å². The van der Waals surface area contributed by atoms with Gasteiger partial charge >= 0.3 is 0 Å². The van der Waals surface area contributed by atoms with Crippen molar-refractivity contribution in [2.45, 2.75) is 9.24 Å². The molecule has 0 spiro atoms. The van der Waals surface area contributed by atoms with E-state index in [9.17, 15) is 4.79 Å². The van der Waals surface area contributed by atoms with Crippen LogP contribution in [-0.4, -0.2) is 22.9 Å². The molecule has 0 aliphatic carbocycles. The molecule has 0 bridgehead atoms. The third-order valence-electron chi connectivity index (χ3n) is 3.01. The summed E-state index contributed by atoms with van der Waals surface area (Å²) in [5, 5.41) is 3.58. The first-order valence-corrected chi connectivity index (χ1v) is 10.2. The summed E-state index contributed by atoms with van der Waals surface area (Å²) in [4.78, 5) is 17.7. The Balaban J connectivity index is 1.61. The molecule has 7 heteroatoms. The van der Waals surface area contributed by atoms with Crippen LogP contribution in [0.2, 0.25) is 5.02 Å². The molecule has 0 saturated carbocycles. The maximum absolute atomic E-state index is 12.1. The van der Waals surface area contributed by atoms with Crippen LogP contribution in [0.15, 0.2) is 51.7 Å². The first-order valence-electron chi connectivity index (χ1n) is 6.77. The van der Waals surface area contributed by atoms with Crippen molar-refractivity contribution in [2.24, 2.45) is 0 Å². The normalized spacial score (nSPS) is 10.9. The summed E-state index contributed by atoms with van der Waals surface area (Å²) in [6.45, 7) is 0. The lowest BCUT2D eigenvalue weighted by Crippen LogP contribution is -2.13. The number of nitrogens with one attached hydrogen (secondary N) is 1. The van der Waals surface area contributed by atoms with Crippen LogP contribution < -0.4 is 5.32 Å². The largest absolute Gasteiger partial charge is 0.325 e. The predicted octanol–water partition coefficient (Wildman–Crippen LogP) is 5.40. The molecule has 0 unspecified atom stereocenters. The monoisotopic (exact) mass is 380 g/mol. The van der Waals surface area contributed by atoms with E-state index in [-0.39, 0.29) is 5.91 Å². The summed E-state index contributed by atoms with van der Waals surface area (Å²) in [5.74, 6) is 0.294. The minimum absolute atomic E-state index is 0.0365. The Kier molecular flexibility index (Phi) is 5.48. The molecular weight excluding hydrogens is 368 g/mol. The molecule has 118 valence electrons. The summed E-state index contributed by atoms with van der Waals surface area (Å²) in [6.07, 6.45) is 2.01. The number of carbonyl (C=O) groups is 1. The molecule has 0 aliphatic heterocycles. The molecule has 2 aromatic carbocycles. The Hall–Kier alpha value is -1.21. The highest BCUT2D eigenvalue weighted by molar-refractivity contribution is 8.01. The van der Waals surface area contributed by atoms with Crippen LogP contribution in [-0.2, 0) is 4.79 Å². The molecule has 0 fully saturated rings. The first-order chi connectivity index (χ1) is 11.1. The van der Waals surface area contributed by atoms with Crippen LogP contribution in [0.1, 0.15) is 0 Å². The maximum Gasteiger partial charge on any atom is 0.234 e. The quantitative estimate of drug-likeness (QED) is 0.601. The van der Waals surface area contributed by atoms with E-state index in [0.717, 1.165) is 25.1 Å². The summed E-state index contributed by atoms with van der Waals surface area (Å²) in [7, 11) is 0. The van der Waals surface area contributed by atoms with Gasteiger partial charge in [0, 0.05) is 15.6 Å². The van der Waals surface area contributed by atoms with Gasteiger partial charge in [0.15, 0.2) is 4.34 Å². The van der Waals surface area contributed by atoms with Gasteiger partial charge in [-0.3, -0.25) is 4.79 Å². The molecule has 1 heterocycles. The Labute approximate surface area is 151 Å². The number of aromatic nitrogens is 1. The Morgan fingerprint density at radius 1 is 1.30 bits per heavy atom. The standard InChI is InChI=1S/C16H13ClN2OS3/c1-21-12-4-2-3-11(8-12)18-15(20)9-22-16-19-13-7-10(17)5-6-14(13)23-16/h2-8H,9H2,1H3,(H,18,20). The van der Waals surface area contributed by atoms with E-state index in [1.54, 1.807) is 23.1 Å². The number of fused-ring (bicyclic) bond motifs is 1. The molecule has 3 nitrogen and oxygen atoms in total. The lowest BCUT2D eigenvalue weighted by molar-refractivity contribution is -0.113. The lowest BCUT2D eigenvalue weighted by Gasteiger charge is -2.05. The van der Waals surface area contributed by atoms with Crippen molar-refractivity contribution in [3.05, 3.63) is 47.5 Å². The predicted molar refractivity (Wildman–Crippen MR) is 102 cm³/mol. The fourth-order valence-corrected chi connectivity index (χ4v) is 4.44. The summed E-state index contributed by atoms with van der Waals surface area (Å²) in [6, 6.07) is 13.4. The highest BCUT2D eigenvalue weighted by Gasteiger charge is 2.09. The van der Waals surface area contributed by atoms with E-state index >= 15 is 0 Å². The number of hydrogen-bond donors (Lipinski definition) is 1. The average Bonchev–Trinajstić information content (AvgIpc) is 2.95. The summed E-state index contributed by atoms with van der Waals surface area (Å²) < 4.78 is 1.94. The van der Waals surface area contributed by atoms with Gasteiger partial charge in [0.05, 0.1) is 16.0 Å². The highest BCUT2D eigenvalue weighted by atomic mass is 35.5. The van der Waals surface area contributed by atoms with Gasteiger partial charge in [-0.25, -0.2) is 4.98 Å². The van der Waals surface area contributed by atoms with Crippen molar-refractivity contribution in [1.29, 1.82) is 0 Å². The summed E-state index contributed by atoms with van der Waals surface area (Å²) in [5.41, 5.74) is 1.69. The number of hydrogen-bond acceptors (Lipinski definition) is 5. The molecule has 0 radical (unpaired) electrons. The second-order valence-corrected chi connectivity index (χ2v) is 8.23. The molecular formula is C16H13ClN2OS3. The van der Waals surface area contributed by atoms with E-state index in [0.29, 0.717) is 10.8 Å². The number of nitrogens with zero attached hydrogens (tertiary/aromatic N) is 1. The molecule has 3 rings (SSSR count). The average molecular weight is 381 g/mol. The van der Waals surface area contributed by atoms with Crippen molar-refractivity contribution in [2.75, 3.05) is 17.3 Å². The van der Waals surface area contributed by atoms with Crippen LogP contribution in [0.5, 0.6) is 0 Å². The SMILES string of the molecule is CSc1cccc(NC(=O)CSc2nc3cc(Cl)ccc3s2)c1. The van der Waals surface area contributed by atoms with Crippen LogP contribution in [0.25, 0.3) is 10.2 Å². The number of halogens is 1. The van der Waals surface area contributed by atoms with Gasteiger partial charge in [0.25, 0.3) is 0 Å². The van der Waals surface area contributed by atoms with Crippen molar-refractivity contribution in [3.63, 3.8) is 0 Å². The summed E-state index contributed by atoms with van der Waals surface area (Å²) >= 11 is 10.6. The van der Waals surface area contributed by atoms with Crippen molar-refractivity contribution in [1.82, 2.24) is 4.98 Å². The number of carbonyl (C=O) groups excluding carboxylic acids is 1. The number of anilines is 1. The van der Waals surface area contributed by atoms with Crippen molar-refractivity contribution >= 4 is 68.3 Å². The highest BCUT2D eigenvalue weighted by Crippen LogP contribution is 2.31. The molecule has 1 amide bonds. The molecule has 0 atom stereocenters. The third kappa shape index (κ3) is 4.41. The number of benzene rings is 2. The second kappa shape index (κ2) is 7.57. The maximum atomic E-state index is 12.1. The number of thioether (sulfide) groups is 2. The second-order valence-electron chi connectivity index (χ2n) is 4.66. The van der Waals surface area contributed by atoms with Gasteiger partial charge in [-0.2, -0.15) is 0 Å². The van der Waals surface area contributed by atoms with E-state index in [1.165, 1.54) is 11.8 Å². The van der Waals surface area contributed by atoms with E-state index < -0.39 is 0 Å². The number of thiazole rings is 1. The fraction of sp³-hybridized carbons (Fsp3) is 0.125. The van der Waals surface area contributed by atoms with Gasteiger partial charge in [0.1, 0.15) is 0 Å². The number of rotatable bonds is 5. The van der Waals surface area contributed by atoms with E-state index in [1.807, 2.05) is 48.7 Å². The van der Waals surface area contributed by atoms with Crippen LogP contribution in [0, 0.1) is 0 Å². The Morgan fingerprint density at radius 2 is 2.17 bits per heavy atom. The topological polar surface area (TPSA) is 42.0 Å². The van der Waals surface area contributed by atoms with Gasteiger partial charge < -0.3 is 5.32 Å². The minimum Gasteiger partial charge on any atom is -0.325 e. The van der Waals surface area contributed by atoms with Crippen molar-refractivity contribution < 1.29 is 4.79 Å². The zero-order valence-corrected chi connectivity index (χ0v) is 15.4. The Bertz CT molecular complexity index is 850. The molecule has 0 saturated heterocycles. The van der Waals surface area contributed by atoms with E-state index in [4.69, 9.17) is 11.6 Å². The molecule has 0 aliphatic rings. The van der Waals surface area contributed by atoms with Crippen molar-refractivity contribution in [3.8, 4) is 0 Å². The van der Waals surface area contributed by atoms with Crippen LogP contribution in [0.3, 0.4) is 0 Å². The zero-order chi connectivity index (χ0) is 16.2. The number of amides is 1. The zero-order valence-electron chi connectivity index (χ0n) is 12.2. The van der Waals surface area contributed by atoms with Gasteiger partial charge in [0.2, 0.25) is 5.91 Å². The third-order valence-corrected chi connectivity index (χ3v) is 6.15. The van der Waals surface area contributed by atoms with E-state index in [2.05, 4.69) is 10.3 Å².